The monoisotopic (exact) mass is 294 g/mol. The van der Waals surface area contributed by atoms with Crippen LogP contribution < -0.4 is 0 Å². The summed E-state index contributed by atoms with van der Waals surface area (Å²) < 4.78 is 0. The standard InChI is InChI=1S/C18H18N2O2/c1-2-20(11-12-21)18(22)17-13-7-3-5-9-15(13)19-16-10-6-4-8-14(16)17/h3-10,21H,2,11-12H2,1H3. The lowest BCUT2D eigenvalue weighted by atomic mass is 10.0. The molecule has 0 saturated heterocycles. The van der Waals surface area contributed by atoms with Crippen molar-refractivity contribution in [1.82, 2.24) is 9.88 Å². The van der Waals surface area contributed by atoms with Crippen molar-refractivity contribution < 1.29 is 9.90 Å². The number of carbonyl (C=O) groups is 1. The van der Waals surface area contributed by atoms with Gasteiger partial charge in [-0.05, 0) is 19.1 Å². The normalized spacial score (nSPS) is 11.0. The number of aliphatic hydroxyl groups excluding tert-OH is 1. The molecule has 0 radical (unpaired) electrons. The van der Waals surface area contributed by atoms with Crippen LogP contribution in [0, 0.1) is 0 Å². The number of para-hydroxylation sites is 2. The Hall–Kier alpha value is -2.46. The smallest absolute Gasteiger partial charge is 0.255 e. The van der Waals surface area contributed by atoms with E-state index in [9.17, 15) is 9.90 Å². The highest BCUT2D eigenvalue weighted by Crippen LogP contribution is 2.27. The van der Waals surface area contributed by atoms with E-state index in [1.54, 1.807) is 4.90 Å². The summed E-state index contributed by atoms with van der Waals surface area (Å²) in [6.07, 6.45) is 0. The van der Waals surface area contributed by atoms with Crippen LogP contribution in [0.4, 0.5) is 0 Å². The third-order valence-corrected chi connectivity index (χ3v) is 3.84. The van der Waals surface area contributed by atoms with E-state index >= 15 is 0 Å². The molecule has 3 aromatic rings. The number of hydrogen-bond acceptors (Lipinski definition) is 3. The van der Waals surface area contributed by atoms with Crippen molar-refractivity contribution in [2.45, 2.75) is 6.92 Å². The fourth-order valence-electron chi connectivity index (χ4n) is 2.75. The summed E-state index contributed by atoms with van der Waals surface area (Å²) in [5, 5.41) is 10.9. The van der Waals surface area contributed by atoms with Crippen molar-refractivity contribution in [3.8, 4) is 0 Å². The Morgan fingerprint density at radius 2 is 1.59 bits per heavy atom. The van der Waals surface area contributed by atoms with Gasteiger partial charge in [-0.15, -0.1) is 0 Å². The molecular formula is C18H18N2O2. The maximum Gasteiger partial charge on any atom is 0.255 e. The average molecular weight is 294 g/mol. The Bertz CT molecular complexity index is 776. The second kappa shape index (κ2) is 6.12. The Morgan fingerprint density at radius 3 is 2.09 bits per heavy atom. The number of aromatic nitrogens is 1. The fourth-order valence-corrected chi connectivity index (χ4v) is 2.75. The van der Waals surface area contributed by atoms with E-state index in [0.717, 1.165) is 21.8 Å². The van der Waals surface area contributed by atoms with E-state index in [-0.39, 0.29) is 12.5 Å². The maximum absolute atomic E-state index is 13.0. The number of hydrogen-bond donors (Lipinski definition) is 1. The minimum atomic E-state index is -0.0636. The zero-order valence-electron chi connectivity index (χ0n) is 12.5. The molecular weight excluding hydrogens is 276 g/mol. The van der Waals surface area contributed by atoms with Crippen molar-refractivity contribution in [3.63, 3.8) is 0 Å². The minimum Gasteiger partial charge on any atom is -0.395 e. The Kier molecular flexibility index (Phi) is 4.02. The molecule has 0 unspecified atom stereocenters. The third kappa shape index (κ3) is 2.42. The molecule has 4 nitrogen and oxygen atoms in total. The SMILES string of the molecule is CCN(CCO)C(=O)c1c2ccccc2nc2ccccc12. The van der Waals surface area contributed by atoms with Gasteiger partial charge in [-0.1, -0.05) is 36.4 Å². The number of carbonyl (C=O) groups excluding carboxylic acids is 1. The molecule has 3 rings (SSSR count). The molecule has 1 N–H and O–H groups in total. The summed E-state index contributed by atoms with van der Waals surface area (Å²) in [6, 6.07) is 15.4. The number of aliphatic hydroxyl groups is 1. The number of nitrogens with zero attached hydrogens (tertiary/aromatic N) is 2. The lowest BCUT2D eigenvalue weighted by Crippen LogP contribution is -2.33. The van der Waals surface area contributed by atoms with Crippen LogP contribution in [0.3, 0.4) is 0 Å². The molecule has 2 aromatic carbocycles. The Labute approximate surface area is 129 Å². The molecule has 22 heavy (non-hydrogen) atoms. The lowest BCUT2D eigenvalue weighted by Gasteiger charge is -2.21. The summed E-state index contributed by atoms with van der Waals surface area (Å²) in [5.74, 6) is -0.0636. The zero-order chi connectivity index (χ0) is 15.5. The van der Waals surface area contributed by atoms with Crippen molar-refractivity contribution in [3.05, 3.63) is 54.1 Å². The van der Waals surface area contributed by atoms with Crippen molar-refractivity contribution in [2.24, 2.45) is 0 Å². The van der Waals surface area contributed by atoms with E-state index in [1.165, 1.54) is 0 Å². The Morgan fingerprint density at radius 1 is 1.05 bits per heavy atom. The Balaban J connectivity index is 2.30. The molecule has 1 amide bonds. The zero-order valence-corrected chi connectivity index (χ0v) is 12.5. The molecule has 0 spiro atoms. The van der Waals surface area contributed by atoms with Gasteiger partial charge in [0.25, 0.3) is 5.91 Å². The van der Waals surface area contributed by atoms with Gasteiger partial charge in [0, 0.05) is 23.9 Å². The molecule has 0 atom stereocenters. The number of fused-ring (bicyclic) bond motifs is 2. The number of likely N-dealkylation sites (N-methyl/N-ethyl adjacent to an activating group) is 1. The first kappa shape index (κ1) is 14.5. The van der Waals surface area contributed by atoms with Crippen LogP contribution >= 0.6 is 0 Å². The topological polar surface area (TPSA) is 53.4 Å². The second-order valence-electron chi connectivity index (χ2n) is 5.13. The first-order chi connectivity index (χ1) is 10.8. The predicted molar refractivity (Wildman–Crippen MR) is 87.9 cm³/mol. The van der Waals surface area contributed by atoms with Gasteiger partial charge in [0.15, 0.2) is 0 Å². The molecule has 0 bridgehead atoms. The van der Waals surface area contributed by atoms with Gasteiger partial charge >= 0.3 is 0 Å². The van der Waals surface area contributed by atoms with Crippen molar-refractivity contribution in [1.29, 1.82) is 0 Å². The van der Waals surface area contributed by atoms with Gasteiger partial charge in [-0.3, -0.25) is 4.79 Å². The number of amides is 1. The van der Waals surface area contributed by atoms with Crippen LogP contribution in [0.1, 0.15) is 17.3 Å². The number of pyridine rings is 1. The first-order valence-electron chi connectivity index (χ1n) is 7.44. The average Bonchev–Trinajstić information content (AvgIpc) is 2.57. The van der Waals surface area contributed by atoms with E-state index in [1.807, 2.05) is 55.5 Å². The minimum absolute atomic E-state index is 0.0411. The third-order valence-electron chi connectivity index (χ3n) is 3.84. The molecule has 4 heteroatoms. The predicted octanol–water partition coefficient (Wildman–Crippen LogP) is 2.84. The molecule has 0 aliphatic rings. The van der Waals surface area contributed by atoms with Gasteiger partial charge in [0.2, 0.25) is 0 Å². The number of benzene rings is 2. The summed E-state index contributed by atoms with van der Waals surface area (Å²) in [4.78, 5) is 19.3. The molecule has 0 aliphatic carbocycles. The van der Waals surface area contributed by atoms with Gasteiger partial charge in [-0.2, -0.15) is 0 Å². The van der Waals surface area contributed by atoms with Crippen LogP contribution in [0.5, 0.6) is 0 Å². The summed E-state index contributed by atoms with van der Waals surface area (Å²) in [6.45, 7) is 2.77. The van der Waals surface area contributed by atoms with Crippen molar-refractivity contribution in [2.75, 3.05) is 19.7 Å². The van der Waals surface area contributed by atoms with Gasteiger partial charge in [-0.25, -0.2) is 4.98 Å². The summed E-state index contributed by atoms with van der Waals surface area (Å²) in [5.41, 5.74) is 2.28. The summed E-state index contributed by atoms with van der Waals surface area (Å²) in [7, 11) is 0. The summed E-state index contributed by atoms with van der Waals surface area (Å²) >= 11 is 0. The number of rotatable bonds is 4. The highest BCUT2D eigenvalue weighted by Gasteiger charge is 2.20. The molecule has 0 aliphatic heterocycles. The largest absolute Gasteiger partial charge is 0.395 e. The van der Waals surface area contributed by atoms with Crippen molar-refractivity contribution >= 4 is 27.7 Å². The van der Waals surface area contributed by atoms with E-state index in [2.05, 4.69) is 4.98 Å². The molecule has 1 heterocycles. The van der Waals surface area contributed by atoms with E-state index < -0.39 is 0 Å². The highest BCUT2D eigenvalue weighted by molar-refractivity contribution is 6.16. The molecule has 0 saturated carbocycles. The van der Waals surface area contributed by atoms with Gasteiger partial charge < -0.3 is 10.0 Å². The first-order valence-corrected chi connectivity index (χ1v) is 7.44. The van der Waals surface area contributed by atoms with E-state index in [4.69, 9.17) is 0 Å². The molecule has 1 aromatic heterocycles. The quantitative estimate of drug-likeness (QED) is 0.753. The molecule has 0 fully saturated rings. The second-order valence-corrected chi connectivity index (χ2v) is 5.13. The fraction of sp³-hybridized carbons (Fsp3) is 0.222. The van der Waals surface area contributed by atoms with E-state index in [0.29, 0.717) is 18.7 Å². The molecule has 112 valence electrons. The van der Waals surface area contributed by atoms with Crippen LogP contribution in [-0.2, 0) is 0 Å². The van der Waals surface area contributed by atoms with Crippen LogP contribution in [0.15, 0.2) is 48.5 Å². The maximum atomic E-state index is 13.0. The van der Waals surface area contributed by atoms with Gasteiger partial charge in [0.05, 0.1) is 23.2 Å². The highest BCUT2D eigenvalue weighted by atomic mass is 16.3. The van der Waals surface area contributed by atoms with Gasteiger partial charge in [0.1, 0.15) is 0 Å². The lowest BCUT2D eigenvalue weighted by molar-refractivity contribution is 0.0736. The van der Waals surface area contributed by atoms with Crippen LogP contribution in [0.2, 0.25) is 0 Å². The van der Waals surface area contributed by atoms with Crippen LogP contribution in [-0.4, -0.2) is 40.6 Å². The van der Waals surface area contributed by atoms with Crippen LogP contribution in [0.25, 0.3) is 21.8 Å².